The summed E-state index contributed by atoms with van der Waals surface area (Å²) >= 11 is 8.66. The molecule has 9 rings (SSSR count). The quantitative estimate of drug-likeness (QED) is 0.0908. The average Bonchev–Trinajstić information content (AvgIpc) is 3.03. The van der Waals surface area contributed by atoms with Crippen molar-refractivity contribution in [3.05, 3.63) is 119 Å². The topological polar surface area (TPSA) is 74.8 Å². The number of imide groups is 2. The second-order valence-electron chi connectivity index (χ2n) is 11.1. The first-order chi connectivity index (χ1) is 21.3. The second-order valence-corrected chi connectivity index (χ2v) is 12.1. The van der Waals surface area contributed by atoms with Gasteiger partial charge in [-0.2, -0.15) is 0 Å². The van der Waals surface area contributed by atoms with E-state index in [-0.39, 0.29) is 0 Å². The molecule has 4 amide bonds. The summed E-state index contributed by atoms with van der Waals surface area (Å²) in [7, 11) is 0. The summed E-state index contributed by atoms with van der Waals surface area (Å²) in [5, 5.41) is 6.22. The third kappa shape index (κ3) is 3.13. The molecule has 7 aromatic carbocycles. The van der Waals surface area contributed by atoms with Crippen LogP contribution in [-0.4, -0.2) is 23.6 Å². The summed E-state index contributed by atoms with van der Waals surface area (Å²) in [6.07, 6.45) is 0. The van der Waals surface area contributed by atoms with E-state index in [1.165, 1.54) is 9.80 Å². The van der Waals surface area contributed by atoms with E-state index in [0.717, 1.165) is 42.1 Å². The van der Waals surface area contributed by atoms with Gasteiger partial charge in [0.15, 0.2) is 0 Å². The first kappa shape index (κ1) is 25.3. The second kappa shape index (κ2) is 8.69. The summed E-state index contributed by atoms with van der Waals surface area (Å²) in [6, 6.07) is 28.5. The summed E-state index contributed by atoms with van der Waals surface area (Å²) in [6.45, 7) is 0. The zero-order valence-electron chi connectivity index (χ0n) is 22.7. The van der Waals surface area contributed by atoms with E-state index in [2.05, 4.69) is 25.3 Å². The molecule has 44 heavy (non-hydrogen) atoms. The Hall–Kier alpha value is -5.18. The van der Waals surface area contributed by atoms with Crippen molar-refractivity contribution in [1.82, 2.24) is 0 Å². The summed E-state index contributed by atoms with van der Waals surface area (Å²) in [5.41, 5.74) is 2.72. The van der Waals surface area contributed by atoms with E-state index in [0.29, 0.717) is 44.4 Å². The number of hydrogen-bond donors (Lipinski definition) is 2. The molecule has 2 heterocycles. The molecule has 0 N–H and O–H groups in total. The zero-order valence-corrected chi connectivity index (χ0v) is 24.4. The lowest BCUT2D eigenvalue weighted by Crippen LogP contribution is -2.40. The minimum Gasteiger partial charge on any atom is -0.268 e. The Morgan fingerprint density at radius 3 is 0.886 bits per heavy atom. The number of rotatable bonds is 2. The lowest BCUT2D eigenvalue weighted by atomic mass is 9.82. The molecule has 2 aliphatic rings. The van der Waals surface area contributed by atoms with Crippen molar-refractivity contribution in [2.24, 2.45) is 0 Å². The number of thiol groups is 2. The molecule has 0 saturated heterocycles. The highest BCUT2D eigenvalue weighted by atomic mass is 32.1. The predicted molar refractivity (Wildman–Crippen MR) is 177 cm³/mol. The van der Waals surface area contributed by atoms with E-state index in [1.54, 1.807) is 72.8 Å². The third-order valence-corrected chi connectivity index (χ3v) is 9.45. The van der Waals surface area contributed by atoms with Gasteiger partial charge >= 0.3 is 0 Å². The summed E-state index contributed by atoms with van der Waals surface area (Å²) in [4.78, 5) is 59.2. The smallest absolute Gasteiger partial charge is 0.265 e. The first-order valence-corrected chi connectivity index (χ1v) is 14.8. The maximum Gasteiger partial charge on any atom is 0.265 e. The highest BCUT2D eigenvalue weighted by molar-refractivity contribution is 7.80. The van der Waals surface area contributed by atoms with E-state index in [4.69, 9.17) is 0 Å². The highest BCUT2D eigenvalue weighted by Gasteiger charge is 2.37. The molecule has 0 aromatic heterocycles. The molecule has 0 fully saturated rings. The van der Waals surface area contributed by atoms with Gasteiger partial charge in [-0.25, -0.2) is 9.80 Å². The fourth-order valence-electron chi connectivity index (χ4n) is 6.94. The van der Waals surface area contributed by atoms with Crippen LogP contribution >= 0.6 is 25.3 Å². The summed E-state index contributed by atoms with van der Waals surface area (Å²) in [5.74, 6) is -1.57. The van der Waals surface area contributed by atoms with Crippen LogP contribution in [-0.2, 0) is 0 Å². The van der Waals surface area contributed by atoms with E-state index in [9.17, 15) is 19.2 Å². The minimum atomic E-state index is -0.392. The molecule has 6 nitrogen and oxygen atoms in total. The van der Waals surface area contributed by atoms with Gasteiger partial charge in [0.25, 0.3) is 23.6 Å². The molecule has 0 atom stereocenters. The third-order valence-electron chi connectivity index (χ3n) is 8.85. The Kier molecular flexibility index (Phi) is 5.00. The van der Waals surface area contributed by atoms with Crippen molar-refractivity contribution in [1.29, 1.82) is 0 Å². The van der Waals surface area contributed by atoms with Gasteiger partial charge in [0.1, 0.15) is 0 Å². The lowest BCUT2D eigenvalue weighted by Gasteiger charge is -2.30. The van der Waals surface area contributed by atoms with Gasteiger partial charge in [0.05, 0.1) is 11.4 Å². The molecule has 208 valence electrons. The molecule has 0 unspecified atom stereocenters. The van der Waals surface area contributed by atoms with Crippen molar-refractivity contribution >= 4 is 103 Å². The van der Waals surface area contributed by atoms with E-state index >= 15 is 0 Å². The zero-order chi connectivity index (χ0) is 30.0. The van der Waals surface area contributed by atoms with Gasteiger partial charge in [-0.3, -0.25) is 19.2 Å². The number of amides is 4. The van der Waals surface area contributed by atoms with Crippen molar-refractivity contribution in [2.75, 3.05) is 9.80 Å². The fourth-order valence-corrected chi connectivity index (χ4v) is 7.24. The van der Waals surface area contributed by atoms with Crippen molar-refractivity contribution in [3.8, 4) is 0 Å². The Morgan fingerprint density at radius 1 is 0.341 bits per heavy atom. The molecule has 0 radical (unpaired) electrons. The average molecular weight is 607 g/mol. The van der Waals surface area contributed by atoms with Crippen LogP contribution in [0.3, 0.4) is 0 Å². The molecular weight excluding hydrogens is 589 g/mol. The lowest BCUT2D eigenvalue weighted by molar-refractivity contribution is 0.0877. The number of nitrogens with zero attached hydrogens (tertiary/aromatic N) is 2. The Morgan fingerprint density at radius 2 is 0.614 bits per heavy atom. The number of carbonyl (C=O) groups excluding carboxylic acids is 4. The first-order valence-electron chi connectivity index (χ1n) is 13.9. The van der Waals surface area contributed by atoms with Crippen LogP contribution in [0.4, 0.5) is 11.4 Å². The Labute approximate surface area is 260 Å². The fraction of sp³-hybridized carbons (Fsp3) is 0. The molecule has 7 aromatic rings. The van der Waals surface area contributed by atoms with Crippen molar-refractivity contribution in [3.63, 3.8) is 0 Å². The number of carbonyl (C=O) groups is 4. The molecule has 8 heteroatoms. The number of hydrogen-bond acceptors (Lipinski definition) is 6. The van der Waals surface area contributed by atoms with Crippen LogP contribution in [0.15, 0.2) is 107 Å². The SMILES string of the molecule is O=C1c2ccc3c4ccc5c6c(ccc(c7ccc(c2c37)C(=O)N1c1ccc(S)cc1)c64)C(=O)N(c1ccc(S)cc1)C5=O. The summed E-state index contributed by atoms with van der Waals surface area (Å²) < 4.78 is 0. The van der Waals surface area contributed by atoms with Gasteiger partial charge in [-0.05, 0) is 105 Å². The van der Waals surface area contributed by atoms with Crippen LogP contribution < -0.4 is 9.80 Å². The van der Waals surface area contributed by atoms with Gasteiger partial charge < -0.3 is 0 Å². The predicted octanol–water partition coefficient (Wildman–Crippen LogP) is 7.92. The number of anilines is 2. The molecule has 0 spiro atoms. The van der Waals surface area contributed by atoms with Gasteiger partial charge in [0.2, 0.25) is 0 Å². The monoisotopic (exact) mass is 606 g/mol. The maximum atomic E-state index is 13.8. The van der Waals surface area contributed by atoms with Gasteiger partial charge in [0, 0.05) is 42.8 Å². The maximum absolute atomic E-state index is 13.8. The largest absolute Gasteiger partial charge is 0.268 e. The van der Waals surface area contributed by atoms with Crippen LogP contribution in [0.2, 0.25) is 0 Å². The number of fused-ring (bicyclic) bond motifs is 2. The molecule has 0 aliphatic carbocycles. The molecule has 0 bridgehead atoms. The van der Waals surface area contributed by atoms with Crippen LogP contribution in [0.5, 0.6) is 0 Å². The van der Waals surface area contributed by atoms with Crippen molar-refractivity contribution in [2.45, 2.75) is 9.79 Å². The Bertz CT molecular complexity index is 2190. The minimum absolute atomic E-state index is 0.392. The van der Waals surface area contributed by atoms with E-state index in [1.807, 2.05) is 24.3 Å². The number of benzene rings is 7. The highest BCUT2D eigenvalue weighted by Crippen LogP contribution is 2.47. The molecular formula is C36H18N2O4S2. The van der Waals surface area contributed by atoms with Crippen LogP contribution in [0.1, 0.15) is 41.4 Å². The molecule has 2 aliphatic heterocycles. The van der Waals surface area contributed by atoms with Crippen LogP contribution in [0.25, 0.3) is 43.1 Å². The normalized spacial score (nSPS) is 14.7. The van der Waals surface area contributed by atoms with Gasteiger partial charge in [-0.1, -0.05) is 24.3 Å². The Balaban J connectivity index is 1.31. The standard InChI is InChI=1S/C36H18N2O4S2/c39-33-25-13-9-21-23-11-15-27-32-28(36(42)38(35(27)41)18-3-7-20(44)8-4-18)16-12-24(30(23)32)22-10-14-26(31(25)29(21)22)34(40)37(33)17-1-5-19(43)6-2-17/h1-16,43-44H. The van der Waals surface area contributed by atoms with E-state index < -0.39 is 23.6 Å². The van der Waals surface area contributed by atoms with Crippen molar-refractivity contribution < 1.29 is 19.2 Å². The molecule has 0 saturated carbocycles. The van der Waals surface area contributed by atoms with Crippen LogP contribution in [0, 0.1) is 0 Å². The van der Waals surface area contributed by atoms with Gasteiger partial charge in [-0.15, -0.1) is 25.3 Å².